The Bertz CT molecular complexity index is 651. The van der Waals surface area contributed by atoms with Gasteiger partial charge in [0, 0.05) is 45.1 Å². The van der Waals surface area contributed by atoms with E-state index in [0.29, 0.717) is 0 Å². The van der Waals surface area contributed by atoms with Crippen molar-refractivity contribution in [1.82, 2.24) is 19.6 Å². The molecule has 1 atom stereocenters. The summed E-state index contributed by atoms with van der Waals surface area (Å²) < 4.78 is 7.45. The predicted molar refractivity (Wildman–Crippen MR) is 98.8 cm³/mol. The molecule has 25 heavy (non-hydrogen) atoms. The molecule has 5 heteroatoms. The van der Waals surface area contributed by atoms with Gasteiger partial charge in [-0.2, -0.15) is 5.10 Å². The van der Waals surface area contributed by atoms with Crippen LogP contribution >= 0.6 is 0 Å². The van der Waals surface area contributed by atoms with Crippen LogP contribution in [0.25, 0.3) is 5.69 Å². The summed E-state index contributed by atoms with van der Waals surface area (Å²) in [5.74, 6) is 0.781. The van der Waals surface area contributed by atoms with E-state index in [2.05, 4.69) is 39.2 Å². The first-order valence-corrected chi connectivity index (χ1v) is 9.49. The summed E-state index contributed by atoms with van der Waals surface area (Å²) in [6.07, 6.45) is 6.53. The van der Waals surface area contributed by atoms with E-state index >= 15 is 0 Å². The first-order valence-electron chi connectivity index (χ1n) is 9.49. The summed E-state index contributed by atoms with van der Waals surface area (Å²) in [4.78, 5) is 5.20. The molecule has 0 radical (unpaired) electrons. The van der Waals surface area contributed by atoms with Gasteiger partial charge in [-0.15, -0.1) is 0 Å². The van der Waals surface area contributed by atoms with Gasteiger partial charge in [-0.05, 0) is 43.0 Å². The normalized spacial score (nSPS) is 23.0. The Kier molecular flexibility index (Phi) is 5.45. The maximum atomic E-state index is 5.48. The van der Waals surface area contributed by atoms with Crippen molar-refractivity contribution >= 4 is 0 Å². The zero-order valence-corrected chi connectivity index (χ0v) is 14.9. The fraction of sp³-hybridized carbons (Fsp3) is 0.550. The summed E-state index contributed by atoms with van der Waals surface area (Å²) in [5, 5.41) is 4.41. The zero-order chi connectivity index (χ0) is 16.9. The van der Waals surface area contributed by atoms with E-state index in [4.69, 9.17) is 4.74 Å². The molecule has 3 heterocycles. The summed E-state index contributed by atoms with van der Waals surface area (Å²) in [6, 6.07) is 10.6. The molecule has 0 bridgehead atoms. The second-order valence-electron chi connectivity index (χ2n) is 7.24. The lowest BCUT2D eigenvalue weighted by molar-refractivity contribution is 0.0224. The Morgan fingerprint density at radius 3 is 2.76 bits per heavy atom. The lowest BCUT2D eigenvalue weighted by atomic mass is 9.96. The number of likely N-dealkylation sites (tertiary alicyclic amines) is 1. The minimum atomic E-state index is 0.781. The molecule has 1 aromatic heterocycles. The molecule has 0 saturated carbocycles. The minimum absolute atomic E-state index is 0.781. The van der Waals surface area contributed by atoms with Crippen LogP contribution < -0.4 is 0 Å². The molecule has 0 spiro atoms. The molecule has 2 saturated heterocycles. The number of para-hydroxylation sites is 1. The number of morpholine rings is 1. The molecule has 5 nitrogen and oxygen atoms in total. The highest BCUT2D eigenvalue weighted by atomic mass is 16.5. The third kappa shape index (κ3) is 4.29. The van der Waals surface area contributed by atoms with Gasteiger partial charge in [0.25, 0.3) is 0 Å². The van der Waals surface area contributed by atoms with Gasteiger partial charge in [-0.25, -0.2) is 4.68 Å². The number of piperidine rings is 1. The van der Waals surface area contributed by atoms with Crippen LogP contribution in [0.2, 0.25) is 0 Å². The molecule has 2 aliphatic rings. The fourth-order valence-electron chi connectivity index (χ4n) is 4.11. The number of benzene rings is 1. The highest BCUT2D eigenvalue weighted by Crippen LogP contribution is 2.22. The van der Waals surface area contributed by atoms with Crippen molar-refractivity contribution in [3.63, 3.8) is 0 Å². The average Bonchev–Trinajstić information content (AvgIpc) is 3.18. The van der Waals surface area contributed by atoms with Gasteiger partial charge in [0.05, 0.1) is 18.9 Å². The van der Waals surface area contributed by atoms with Crippen molar-refractivity contribution < 1.29 is 4.74 Å². The Balaban J connectivity index is 1.39. The Labute approximate surface area is 150 Å². The van der Waals surface area contributed by atoms with Crippen molar-refractivity contribution in [3.05, 3.63) is 48.3 Å². The van der Waals surface area contributed by atoms with Gasteiger partial charge in [0.1, 0.15) is 0 Å². The van der Waals surface area contributed by atoms with Gasteiger partial charge in [-0.3, -0.25) is 9.80 Å². The van der Waals surface area contributed by atoms with E-state index in [1.165, 1.54) is 43.7 Å². The van der Waals surface area contributed by atoms with E-state index < -0.39 is 0 Å². The lowest BCUT2D eigenvalue weighted by Gasteiger charge is -2.37. The molecule has 2 aromatic rings. The van der Waals surface area contributed by atoms with Crippen LogP contribution in [-0.2, 0) is 11.3 Å². The minimum Gasteiger partial charge on any atom is -0.379 e. The standard InChI is InChI=1S/C20H28N4O/c1-2-7-20(24-10-4-8-21-24)19(6-1)17-23-9-3-5-18(16-23)15-22-11-13-25-14-12-22/h1-2,4,6-8,10,18H,3,5,9,11-17H2/t18-/m1/s1. The van der Waals surface area contributed by atoms with Crippen LogP contribution in [-0.4, -0.2) is 65.5 Å². The van der Waals surface area contributed by atoms with E-state index in [1.807, 2.05) is 23.1 Å². The van der Waals surface area contributed by atoms with Crippen LogP contribution in [0.4, 0.5) is 0 Å². The third-order valence-electron chi connectivity index (χ3n) is 5.36. The number of rotatable bonds is 5. The third-order valence-corrected chi connectivity index (χ3v) is 5.36. The van der Waals surface area contributed by atoms with Crippen LogP contribution in [0, 0.1) is 5.92 Å². The predicted octanol–water partition coefficient (Wildman–Crippen LogP) is 2.42. The van der Waals surface area contributed by atoms with E-state index in [-0.39, 0.29) is 0 Å². The van der Waals surface area contributed by atoms with E-state index in [1.54, 1.807) is 0 Å². The highest BCUT2D eigenvalue weighted by Gasteiger charge is 2.23. The molecule has 0 N–H and O–H groups in total. The maximum Gasteiger partial charge on any atom is 0.0690 e. The molecule has 1 aromatic carbocycles. The summed E-state index contributed by atoms with van der Waals surface area (Å²) in [7, 11) is 0. The Hall–Kier alpha value is -1.69. The average molecular weight is 340 g/mol. The van der Waals surface area contributed by atoms with E-state index in [0.717, 1.165) is 38.8 Å². The fourth-order valence-corrected chi connectivity index (χ4v) is 4.11. The molecule has 2 aliphatic heterocycles. The smallest absolute Gasteiger partial charge is 0.0690 e. The van der Waals surface area contributed by atoms with Crippen LogP contribution in [0.3, 0.4) is 0 Å². The topological polar surface area (TPSA) is 33.5 Å². The lowest BCUT2D eigenvalue weighted by Crippen LogP contribution is -2.44. The SMILES string of the molecule is c1ccc(-n2cccn2)c(CN2CCC[C@H](CN3CCOCC3)C2)c1. The molecule has 134 valence electrons. The first-order chi connectivity index (χ1) is 12.4. The molecule has 2 fully saturated rings. The van der Waals surface area contributed by atoms with Gasteiger partial charge < -0.3 is 4.74 Å². The number of hydrogen-bond acceptors (Lipinski definition) is 4. The van der Waals surface area contributed by atoms with E-state index in [9.17, 15) is 0 Å². The van der Waals surface area contributed by atoms with Crippen molar-refractivity contribution in [2.45, 2.75) is 19.4 Å². The molecule has 0 amide bonds. The van der Waals surface area contributed by atoms with Crippen LogP contribution in [0.1, 0.15) is 18.4 Å². The number of aromatic nitrogens is 2. The summed E-state index contributed by atoms with van der Waals surface area (Å²) in [5.41, 5.74) is 2.56. The molecule has 0 aliphatic carbocycles. The van der Waals surface area contributed by atoms with Crippen LogP contribution in [0.15, 0.2) is 42.7 Å². The highest BCUT2D eigenvalue weighted by molar-refractivity contribution is 5.40. The first kappa shape index (κ1) is 16.8. The van der Waals surface area contributed by atoms with Crippen molar-refractivity contribution in [2.24, 2.45) is 5.92 Å². The van der Waals surface area contributed by atoms with Crippen molar-refractivity contribution in [1.29, 1.82) is 0 Å². The number of ether oxygens (including phenoxy) is 1. The van der Waals surface area contributed by atoms with Gasteiger partial charge in [-0.1, -0.05) is 18.2 Å². The van der Waals surface area contributed by atoms with Crippen molar-refractivity contribution in [3.8, 4) is 5.69 Å². The van der Waals surface area contributed by atoms with Crippen LogP contribution in [0.5, 0.6) is 0 Å². The quantitative estimate of drug-likeness (QED) is 0.837. The molecule has 4 rings (SSSR count). The summed E-state index contributed by atoms with van der Waals surface area (Å²) >= 11 is 0. The maximum absolute atomic E-state index is 5.48. The molecular formula is C20H28N4O. The van der Waals surface area contributed by atoms with Gasteiger partial charge in [0.2, 0.25) is 0 Å². The second-order valence-corrected chi connectivity index (χ2v) is 7.24. The molecule has 0 unspecified atom stereocenters. The second kappa shape index (κ2) is 8.13. The monoisotopic (exact) mass is 340 g/mol. The largest absolute Gasteiger partial charge is 0.379 e. The Morgan fingerprint density at radius 2 is 1.92 bits per heavy atom. The Morgan fingerprint density at radius 1 is 1.04 bits per heavy atom. The number of nitrogens with zero attached hydrogens (tertiary/aromatic N) is 4. The number of hydrogen-bond donors (Lipinski definition) is 0. The summed E-state index contributed by atoms with van der Waals surface area (Å²) in [6.45, 7) is 8.62. The zero-order valence-electron chi connectivity index (χ0n) is 14.9. The van der Waals surface area contributed by atoms with Gasteiger partial charge >= 0.3 is 0 Å². The van der Waals surface area contributed by atoms with Gasteiger partial charge in [0.15, 0.2) is 0 Å². The molecular weight excluding hydrogens is 312 g/mol. The van der Waals surface area contributed by atoms with Crippen molar-refractivity contribution in [2.75, 3.05) is 45.9 Å².